The van der Waals surface area contributed by atoms with Crippen LogP contribution in [0.4, 0.5) is 5.13 Å². The Balaban J connectivity index is 2.03. The number of amides is 2. The standard InChI is InChI=1S/C14H20ClN3O2S/c1-8(2)6-12(19)18-5-4-10-11(7-18)21-14(16-10)17-13(20)9(3)15/h8-9H,4-7H2,1-3H3,(H,16,17,20). The maximum absolute atomic E-state index is 12.1. The summed E-state index contributed by atoms with van der Waals surface area (Å²) >= 11 is 7.16. The molecule has 0 fully saturated rings. The smallest absolute Gasteiger partial charge is 0.243 e. The highest BCUT2D eigenvalue weighted by Gasteiger charge is 2.25. The first-order chi connectivity index (χ1) is 9.86. The fourth-order valence-corrected chi connectivity index (χ4v) is 3.23. The van der Waals surface area contributed by atoms with Crippen LogP contribution >= 0.6 is 22.9 Å². The summed E-state index contributed by atoms with van der Waals surface area (Å²) in [5.74, 6) is 0.292. The van der Waals surface area contributed by atoms with Crippen LogP contribution < -0.4 is 5.32 Å². The first kappa shape index (κ1) is 16.2. The van der Waals surface area contributed by atoms with Gasteiger partial charge in [0.2, 0.25) is 11.8 Å². The third-order valence-corrected chi connectivity index (χ3v) is 4.45. The minimum atomic E-state index is -0.588. The first-order valence-electron chi connectivity index (χ1n) is 7.08. The van der Waals surface area contributed by atoms with Crippen LogP contribution in [0.5, 0.6) is 0 Å². The Kier molecular flexibility index (Phi) is 5.22. The second-order valence-electron chi connectivity index (χ2n) is 5.66. The van der Waals surface area contributed by atoms with Gasteiger partial charge in [0.25, 0.3) is 0 Å². The molecule has 1 aliphatic rings. The number of nitrogens with zero attached hydrogens (tertiary/aromatic N) is 2. The SMILES string of the molecule is CC(C)CC(=O)N1CCc2nc(NC(=O)C(C)Cl)sc2C1. The highest BCUT2D eigenvalue weighted by molar-refractivity contribution is 7.15. The largest absolute Gasteiger partial charge is 0.337 e. The lowest BCUT2D eigenvalue weighted by Gasteiger charge is -2.26. The molecule has 2 heterocycles. The molecule has 0 saturated heterocycles. The molecule has 2 rings (SSSR count). The van der Waals surface area contributed by atoms with E-state index in [2.05, 4.69) is 10.3 Å². The van der Waals surface area contributed by atoms with Crippen molar-refractivity contribution >= 4 is 39.9 Å². The van der Waals surface area contributed by atoms with Crippen molar-refractivity contribution in [1.82, 2.24) is 9.88 Å². The zero-order valence-electron chi connectivity index (χ0n) is 12.5. The van der Waals surface area contributed by atoms with Crippen LogP contribution in [0.25, 0.3) is 0 Å². The summed E-state index contributed by atoms with van der Waals surface area (Å²) in [5, 5.41) is 2.69. The fraction of sp³-hybridized carbons (Fsp3) is 0.643. The minimum absolute atomic E-state index is 0.184. The normalized spacial score (nSPS) is 15.8. The molecule has 5 nitrogen and oxygen atoms in total. The Morgan fingerprint density at radius 1 is 1.43 bits per heavy atom. The molecule has 0 bridgehead atoms. The predicted octanol–water partition coefficient (Wildman–Crippen LogP) is 2.64. The lowest BCUT2D eigenvalue weighted by molar-refractivity contribution is -0.132. The number of anilines is 1. The lowest BCUT2D eigenvalue weighted by atomic mass is 10.1. The summed E-state index contributed by atoms with van der Waals surface area (Å²) in [6.45, 7) is 6.99. The van der Waals surface area contributed by atoms with E-state index in [1.807, 2.05) is 18.7 Å². The van der Waals surface area contributed by atoms with E-state index < -0.39 is 5.38 Å². The lowest BCUT2D eigenvalue weighted by Crippen LogP contribution is -2.36. The Bertz CT molecular complexity index is 542. The van der Waals surface area contributed by atoms with Gasteiger partial charge in [-0.3, -0.25) is 9.59 Å². The molecule has 0 aromatic carbocycles. The van der Waals surface area contributed by atoms with E-state index in [0.717, 1.165) is 17.0 Å². The van der Waals surface area contributed by atoms with Crippen molar-refractivity contribution in [2.24, 2.45) is 5.92 Å². The Morgan fingerprint density at radius 3 is 2.76 bits per heavy atom. The van der Waals surface area contributed by atoms with Crippen molar-refractivity contribution in [2.75, 3.05) is 11.9 Å². The average molecular weight is 330 g/mol. The predicted molar refractivity (Wildman–Crippen MR) is 84.6 cm³/mol. The number of carbonyl (C=O) groups is 2. The third-order valence-electron chi connectivity index (χ3n) is 3.26. The van der Waals surface area contributed by atoms with Gasteiger partial charge in [-0.2, -0.15) is 0 Å². The number of carbonyl (C=O) groups excluding carboxylic acids is 2. The van der Waals surface area contributed by atoms with Crippen LogP contribution in [0.2, 0.25) is 0 Å². The Labute approximate surface area is 133 Å². The molecule has 1 aromatic rings. The molecule has 21 heavy (non-hydrogen) atoms. The quantitative estimate of drug-likeness (QED) is 0.864. The van der Waals surface area contributed by atoms with Crippen LogP contribution in [0.3, 0.4) is 0 Å². The summed E-state index contributed by atoms with van der Waals surface area (Å²) in [5.41, 5.74) is 0.978. The number of thiazole rings is 1. The number of alkyl halides is 1. The van der Waals surface area contributed by atoms with Gasteiger partial charge in [0.05, 0.1) is 12.2 Å². The van der Waals surface area contributed by atoms with E-state index in [0.29, 0.717) is 30.6 Å². The highest BCUT2D eigenvalue weighted by Crippen LogP contribution is 2.29. The molecule has 1 aromatic heterocycles. The van der Waals surface area contributed by atoms with Crippen LogP contribution in [0.15, 0.2) is 0 Å². The number of rotatable bonds is 4. The molecule has 1 unspecified atom stereocenters. The van der Waals surface area contributed by atoms with Gasteiger partial charge in [-0.25, -0.2) is 4.98 Å². The van der Waals surface area contributed by atoms with Crippen molar-refractivity contribution in [3.05, 3.63) is 10.6 Å². The number of hydrogen-bond donors (Lipinski definition) is 1. The molecule has 0 spiro atoms. The van der Waals surface area contributed by atoms with E-state index >= 15 is 0 Å². The zero-order chi connectivity index (χ0) is 15.6. The van der Waals surface area contributed by atoms with Gasteiger partial charge < -0.3 is 10.2 Å². The number of halogens is 1. The third kappa shape index (κ3) is 4.17. The summed E-state index contributed by atoms with van der Waals surface area (Å²) in [4.78, 5) is 31.0. The first-order valence-corrected chi connectivity index (χ1v) is 8.33. The molecule has 116 valence electrons. The van der Waals surface area contributed by atoms with E-state index in [9.17, 15) is 9.59 Å². The van der Waals surface area contributed by atoms with E-state index in [4.69, 9.17) is 11.6 Å². The number of hydrogen-bond acceptors (Lipinski definition) is 4. The molecule has 0 radical (unpaired) electrons. The maximum Gasteiger partial charge on any atom is 0.243 e. The molecule has 1 aliphatic heterocycles. The van der Waals surface area contributed by atoms with E-state index in [-0.39, 0.29) is 11.8 Å². The van der Waals surface area contributed by atoms with Gasteiger partial charge in [0.15, 0.2) is 5.13 Å². The molecule has 7 heteroatoms. The van der Waals surface area contributed by atoms with Crippen molar-refractivity contribution in [3.63, 3.8) is 0 Å². The van der Waals surface area contributed by atoms with Gasteiger partial charge >= 0.3 is 0 Å². The van der Waals surface area contributed by atoms with Crippen LogP contribution in [0, 0.1) is 5.92 Å². The van der Waals surface area contributed by atoms with Crippen LogP contribution in [0.1, 0.15) is 37.8 Å². The van der Waals surface area contributed by atoms with Gasteiger partial charge in [-0.05, 0) is 12.8 Å². The highest BCUT2D eigenvalue weighted by atomic mass is 35.5. The van der Waals surface area contributed by atoms with E-state index in [1.165, 1.54) is 11.3 Å². The minimum Gasteiger partial charge on any atom is -0.337 e. The fourth-order valence-electron chi connectivity index (χ4n) is 2.14. The Morgan fingerprint density at radius 2 is 2.14 bits per heavy atom. The molecule has 0 aliphatic carbocycles. The van der Waals surface area contributed by atoms with Crippen molar-refractivity contribution in [1.29, 1.82) is 0 Å². The van der Waals surface area contributed by atoms with Gasteiger partial charge in [-0.1, -0.05) is 25.2 Å². The zero-order valence-corrected chi connectivity index (χ0v) is 14.1. The monoisotopic (exact) mass is 329 g/mol. The topological polar surface area (TPSA) is 62.3 Å². The second kappa shape index (κ2) is 6.75. The van der Waals surface area contributed by atoms with Gasteiger partial charge in [0.1, 0.15) is 5.38 Å². The summed E-state index contributed by atoms with van der Waals surface area (Å²) in [6, 6.07) is 0. The summed E-state index contributed by atoms with van der Waals surface area (Å²) < 4.78 is 0. The van der Waals surface area contributed by atoms with Crippen LogP contribution in [-0.2, 0) is 22.6 Å². The molecule has 0 saturated carbocycles. The van der Waals surface area contributed by atoms with Gasteiger partial charge in [0, 0.05) is 24.3 Å². The molecule has 1 atom stereocenters. The van der Waals surface area contributed by atoms with Gasteiger partial charge in [-0.15, -0.1) is 11.6 Å². The molecule has 2 amide bonds. The molecular weight excluding hydrogens is 310 g/mol. The summed E-state index contributed by atoms with van der Waals surface area (Å²) in [7, 11) is 0. The van der Waals surface area contributed by atoms with E-state index in [1.54, 1.807) is 6.92 Å². The van der Waals surface area contributed by atoms with Crippen molar-refractivity contribution in [3.8, 4) is 0 Å². The second-order valence-corrected chi connectivity index (χ2v) is 7.40. The Hall–Kier alpha value is -1.14. The number of aromatic nitrogens is 1. The number of fused-ring (bicyclic) bond motifs is 1. The van der Waals surface area contributed by atoms with Crippen molar-refractivity contribution < 1.29 is 9.59 Å². The average Bonchev–Trinajstić information content (AvgIpc) is 2.78. The number of nitrogens with one attached hydrogen (secondary N) is 1. The maximum atomic E-state index is 12.1. The van der Waals surface area contributed by atoms with Crippen LogP contribution in [-0.4, -0.2) is 33.6 Å². The molecule has 1 N–H and O–H groups in total. The summed E-state index contributed by atoms with van der Waals surface area (Å²) in [6.07, 6.45) is 1.31. The molecular formula is C14H20ClN3O2S. The van der Waals surface area contributed by atoms with Crippen molar-refractivity contribution in [2.45, 2.75) is 45.5 Å².